The highest BCUT2D eigenvalue weighted by Crippen LogP contribution is 2.37. The average Bonchev–Trinajstić information content (AvgIpc) is 3.10. The third-order valence-corrected chi connectivity index (χ3v) is 5.51. The van der Waals surface area contributed by atoms with Gasteiger partial charge in [0.15, 0.2) is 6.61 Å². The summed E-state index contributed by atoms with van der Waals surface area (Å²) < 4.78 is 5.64. The Morgan fingerprint density at radius 3 is 2.54 bits per heavy atom. The summed E-state index contributed by atoms with van der Waals surface area (Å²) in [5, 5.41) is 2.94. The van der Waals surface area contributed by atoms with E-state index < -0.39 is 0 Å². The number of hydrogen-bond donors (Lipinski definition) is 1. The van der Waals surface area contributed by atoms with Gasteiger partial charge in [-0.25, -0.2) is 0 Å². The topological polar surface area (TPSA) is 38.3 Å². The SMILES string of the molecule is CCC(C)c1ccc(OCC(=O)Nc2ccc3c(c2)Cc2ccccc2-3)cc1. The number of carbonyl (C=O) groups is 1. The molecule has 0 radical (unpaired) electrons. The van der Waals surface area contributed by atoms with Gasteiger partial charge in [-0.3, -0.25) is 4.79 Å². The molecule has 1 amide bonds. The molecule has 142 valence electrons. The molecular weight excluding hydrogens is 346 g/mol. The van der Waals surface area contributed by atoms with Gasteiger partial charge in [0.1, 0.15) is 5.75 Å². The van der Waals surface area contributed by atoms with Crippen LogP contribution in [-0.4, -0.2) is 12.5 Å². The summed E-state index contributed by atoms with van der Waals surface area (Å²) in [4.78, 5) is 12.3. The normalized spacial score (nSPS) is 12.8. The van der Waals surface area contributed by atoms with Crippen LogP contribution in [0.4, 0.5) is 5.69 Å². The van der Waals surface area contributed by atoms with Gasteiger partial charge in [0.2, 0.25) is 0 Å². The molecule has 3 aromatic rings. The Hall–Kier alpha value is -3.07. The molecule has 28 heavy (non-hydrogen) atoms. The van der Waals surface area contributed by atoms with Crippen molar-refractivity contribution < 1.29 is 9.53 Å². The predicted molar refractivity (Wildman–Crippen MR) is 114 cm³/mol. The Balaban J connectivity index is 1.35. The molecule has 1 unspecified atom stereocenters. The highest BCUT2D eigenvalue weighted by atomic mass is 16.5. The quantitative estimate of drug-likeness (QED) is 0.466. The summed E-state index contributed by atoms with van der Waals surface area (Å²) in [6.07, 6.45) is 2.02. The second-order valence-electron chi connectivity index (χ2n) is 7.42. The molecule has 0 aliphatic heterocycles. The van der Waals surface area contributed by atoms with Crippen molar-refractivity contribution in [3.8, 4) is 16.9 Å². The second-order valence-corrected chi connectivity index (χ2v) is 7.42. The van der Waals surface area contributed by atoms with Crippen LogP contribution in [0.5, 0.6) is 5.75 Å². The van der Waals surface area contributed by atoms with Gasteiger partial charge in [-0.05, 0) is 70.8 Å². The number of hydrogen-bond acceptors (Lipinski definition) is 2. The van der Waals surface area contributed by atoms with Crippen LogP contribution in [0.25, 0.3) is 11.1 Å². The molecule has 3 aromatic carbocycles. The first kappa shape index (κ1) is 18.3. The van der Waals surface area contributed by atoms with Crippen LogP contribution >= 0.6 is 0 Å². The van der Waals surface area contributed by atoms with Crippen molar-refractivity contribution in [2.75, 3.05) is 11.9 Å². The van der Waals surface area contributed by atoms with Gasteiger partial charge in [0, 0.05) is 5.69 Å². The van der Waals surface area contributed by atoms with E-state index in [1.165, 1.54) is 27.8 Å². The van der Waals surface area contributed by atoms with Gasteiger partial charge in [-0.1, -0.05) is 56.3 Å². The Morgan fingerprint density at radius 2 is 1.75 bits per heavy atom. The van der Waals surface area contributed by atoms with E-state index in [2.05, 4.69) is 67.7 Å². The fraction of sp³-hybridized carbons (Fsp3) is 0.240. The monoisotopic (exact) mass is 371 g/mol. The summed E-state index contributed by atoms with van der Waals surface area (Å²) in [7, 11) is 0. The molecule has 1 atom stereocenters. The van der Waals surface area contributed by atoms with Crippen LogP contribution in [0.1, 0.15) is 42.9 Å². The van der Waals surface area contributed by atoms with Crippen LogP contribution in [0, 0.1) is 0 Å². The van der Waals surface area contributed by atoms with E-state index in [9.17, 15) is 4.79 Å². The maximum atomic E-state index is 12.3. The first-order valence-electron chi connectivity index (χ1n) is 9.88. The maximum absolute atomic E-state index is 12.3. The highest BCUT2D eigenvalue weighted by molar-refractivity contribution is 5.92. The first-order valence-corrected chi connectivity index (χ1v) is 9.88. The van der Waals surface area contributed by atoms with Crippen molar-refractivity contribution >= 4 is 11.6 Å². The molecule has 4 rings (SSSR count). The number of rotatable bonds is 6. The van der Waals surface area contributed by atoms with Gasteiger partial charge >= 0.3 is 0 Å². The van der Waals surface area contributed by atoms with Gasteiger partial charge in [0.05, 0.1) is 0 Å². The molecule has 0 bridgehead atoms. The largest absolute Gasteiger partial charge is 0.484 e. The van der Waals surface area contributed by atoms with E-state index >= 15 is 0 Å². The molecular formula is C25H25NO2. The van der Waals surface area contributed by atoms with Crippen molar-refractivity contribution in [2.45, 2.75) is 32.6 Å². The minimum atomic E-state index is -0.151. The third kappa shape index (κ3) is 3.79. The van der Waals surface area contributed by atoms with E-state index in [-0.39, 0.29) is 12.5 Å². The van der Waals surface area contributed by atoms with E-state index in [1.54, 1.807) is 0 Å². The van der Waals surface area contributed by atoms with Crippen LogP contribution in [0.15, 0.2) is 66.7 Å². The second kappa shape index (κ2) is 7.89. The minimum absolute atomic E-state index is 0.0000116. The maximum Gasteiger partial charge on any atom is 0.262 e. The first-order chi connectivity index (χ1) is 13.6. The lowest BCUT2D eigenvalue weighted by atomic mass is 9.99. The fourth-order valence-corrected chi connectivity index (χ4v) is 3.70. The number of fused-ring (bicyclic) bond motifs is 3. The number of nitrogens with one attached hydrogen (secondary N) is 1. The number of carbonyl (C=O) groups excluding carboxylic acids is 1. The molecule has 1 N–H and O–H groups in total. The van der Waals surface area contributed by atoms with Crippen molar-refractivity contribution in [1.82, 2.24) is 0 Å². The van der Waals surface area contributed by atoms with Gasteiger partial charge in [-0.2, -0.15) is 0 Å². The van der Waals surface area contributed by atoms with Crippen molar-refractivity contribution in [3.05, 3.63) is 83.4 Å². The Kier molecular flexibility index (Phi) is 5.16. The molecule has 0 fully saturated rings. The van der Waals surface area contributed by atoms with Gasteiger partial charge in [0.25, 0.3) is 5.91 Å². The summed E-state index contributed by atoms with van der Waals surface area (Å²) in [6, 6.07) is 22.6. The van der Waals surface area contributed by atoms with Gasteiger partial charge < -0.3 is 10.1 Å². The molecule has 0 saturated carbocycles. The summed E-state index contributed by atoms with van der Waals surface area (Å²) in [5.41, 5.74) is 7.24. The molecule has 3 nitrogen and oxygen atoms in total. The van der Waals surface area contributed by atoms with E-state index in [4.69, 9.17) is 4.74 Å². The average molecular weight is 371 g/mol. The van der Waals surface area contributed by atoms with Crippen LogP contribution in [0.2, 0.25) is 0 Å². The molecule has 3 heteroatoms. The van der Waals surface area contributed by atoms with Gasteiger partial charge in [-0.15, -0.1) is 0 Å². The Morgan fingerprint density at radius 1 is 1.00 bits per heavy atom. The van der Waals surface area contributed by atoms with Crippen molar-refractivity contribution in [1.29, 1.82) is 0 Å². The predicted octanol–water partition coefficient (Wildman–Crippen LogP) is 5.79. The van der Waals surface area contributed by atoms with Crippen LogP contribution in [0.3, 0.4) is 0 Å². The smallest absolute Gasteiger partial charge is 0.262 e. The third-order valence-electron chi connectivity index (χ3n) is 5.51. The molecule has 0 heterocycles. The van der Waals surface area contributed by atoms with Crippen LogP contribution in [-0.2, 0) is 11.2 Å². The summed E-state index contributed by atoms with van der Waals surface area (Å²) >= 11 is 0. The molecule has 1 aliphatic carbocycles. The lowest BCUT2D eigenvalue weighted by Gasteiger charge is -2.11. The van der Waals surface area contributed by atoms with Crippen molar-refractivity contribution in [3.63, 3.8) is 0 Å². The summed E-state index contributed by atoms with van der Waals surface area (Å²) in [6.45, 7) is 4.38. The van der Waals surface area contributed by atoms with E-state index in [0.717, 1.165) is 18.5 Å². The fourth-order valence-electron chi connectivity index (χ4n) is 3.70. The molecule has 0 saturated heterocycles. The Labute approximate surface area is 166 Å². The highest BCUT2D eigenvalue weighted by Gasteiger charge is 2.18. The minimum Gasteiger partial charge on any atom is -0.484 e. The molecule has 0 aromatic heterocycles. The molecule has 1 aliphatic rings. The lowest BCUT2D eigenvalue weighted by Crippen LogP contribution is -2.20. The van der Waals surface area contributed by atoms with Crippen LogP contribution < -0.4 is 10.1 Å². The standard InChI is InChI=1S/C25H25NO2/c1-3-17(2)18-8-11-22(12-9-18)28-16-25(27)26-21-10-13-24-20(15-21)14-19-6-4-5-7-23(19)24/h4-13,15,17H,3,14,16H2,1-2H3,(H,26,27). The summed E-state index contributed by atoms with van der Waals surface area (Å²) in [5.74, 6) is 1.09. The number of amides is 1. The zero-order valence-electron chi connectivity index (χ0n) is 16.4. The van der Waals surface area contributed by atoms with E-state index in [1.807, 2.05) is 18.2 Å². The number of benzene rings is 3. The zero-order chi connectivity index (χ0) is 19.5. The molecule has 0 spiro atoms. The number of ether oxygens (including phenoxy) is 1. The Bertz CT molecular complexity index is 992. The van der Waals surface area contributed by atoms with Crippen molar-refractivity contribution in [2.24, 2.45) is 0 Å². The van der Waals surface area contributed by atoms with E-state index in [0.29, 0.717) is 11.7 Å². The number of anilines is 1. The lowest BCUT2D eigenvalue weighted by molar-refractivity contribution is -0.118. The zero-order valence-corrected chi connectivity index (χ0v) is 16.4.